The summed E-state index contributed by atoms with van der Waals surface area (Å²) in [6, 6.07) is 78.3. The first kappa shape index (κ1) is 36.4. The monoisotopic (exact) mass is 832 g/mol. The summed E-state index contributed by atoms with van der Waals surface area (Å²) < 4.78 is 4.89. The van der Waals surface area contributed by atoms with Crippen molar-refractivity contribution in [2.24, 2.45) is 0 Å². The largest absolute Gasteiger partial charge is 0.309 e. The fourth-order valence-corrected chi connectivity index (χ4v) is 10.8. The van der Waals surface area contributed by atoms with Crippen molar-refractivity contribution in [2.75, 3.05) is 0 Å². The Morgan fingerprint density at radius 2 is 0.844 bits per heavy atom. The molecule has 0 saturated heterocycles. The molecule has 0 aliphatic rings. The van der Waals surface area contributed by atoms with E-state index in [1.54, 1.807) is 0 Å². The van der Waals surface area contributed by atoms with Crippen LogP contribution in [0.4, 0.5) is 0 Å². The summed E-state index contributed by atoms with van der Waals surface area (Å²) in [6.45, 7) is 0. The molecule has 0 aliphatic heterocycles. The maximum Gasteiger partial charge on any atom is 0.164 e. The Morgan fingerprint density at radius 3 is 1.55 bits per heavy atom. The third-order valence-corrected chi connectivity index (χ3v) is 13.9. The smallest absolute Gasteiger partial charge is 0.164 e. The van der Waals surface area contributed by atoms with Crippen LogP contribution in [0.25, 0.3) is 126 Å². The lowest BCUT2D eigenvalue weighted by molar-refractivity contribution is 1.07. The normalized spacial score (nSPS) is 11.8. The lowest BCUT2D eigenvalue weighted by Crippen LogP contribution is -2.01. The zero-order valence-electron chi connectivity index (χ0n) is 34.5. The molecule has 0 aliphatic carbocycles. The van der Waals surface area contributed by atoms with Crippen LogP contribution in [0.2, 0.25) is 0 Å². The first-order valence-electron chi connectivity index (χ1n) is 21.6. The molecule has 0 amide bonds. The molecule has 0 atom stereocenters. The van der Waals surface area contributed by atoms with E-state index in [1.807, 2.05) is 47.7 Å². The number of aromatic nitrogens is 4. The van der Waals surface area contributed by atoms with Gasteiger partial charge in [0.25, 0.3) is 0 Å². The molecule has 3 aromatic heterocycles. The minimum atomic E-state index is 0.621. The van der Waals surface area contributed by atoms with Crippen LogP contribution in [0.1, 0.15) is 0 Å². The van der Waals surface area contributed by atoms with Gasteiger partial charge in [0, 0.05) is 58.9 Å². The Morgan fingerprint density at radius 1 is 0.312 bits per heavy atom. The summed E-state index contributed by atoms with van der Waals surface area (Å²) in [5, 5.41) is 9.85. The summed E-state index contributed by atoms with van der Waals surface area (Å²) in [6.07, 6.45) is 0. The number of rotatable bonds is 6. The molecule has 298 valence electrons. The lowest BCUT2D eigenvalue weighted by Gasteiger charge is -2.17. The Hall–Kier alpha value is -8.25. The Kier molecular flexibility index (Phi) is 8.36. The van der Waals surface area contributed by atoms with Gasteiger partial charge in [-0.15, -0.1) is 11.3 Å². The second kappa shape index (κ2) is 14.7. The summed E-state index contributed by atoms with van der Waals surface area (Å²) in [4.78, 5) is 15.7. The molecule has 0 spiro atoms. The van der Waals surface area contributed by atoms with Gasteiger partial charge in [-0.3, -0.25) is 0 Å². The number of para-hydroxylation sites is 2. The number of benzene rings is 10. The lowest BCUT2D eigenvalue weighted by atomic mass is 9.91. The highest BCUT2D eigenvalue weighted by Crippen LogP contribution is 2.46. The van der Waals surface area contributed by atoms with Crippen LogP contribution in [-0.2, 0) is 0 Å². The van der Waals surface area contributed by atoms with Crippen molar-refractivity contribution in [3.8, 4) is 62.1 Å². The predicted octanol–water partition coefficient (Wildman–Crippen LogP) is 16.0. The van der Waals surface area contributed by atoms with Crippen molar-refractivity contribution >= 4 is 74.9 Å². The van der Waals surface area contributed by atoms with Gasteiger partial charge >= 0.3 is 0 Å². The van der Waals surface area contributed by atoms with Gasteiger partial charge in [0.1, 0.15) is 0 Å². The van der Waals surface area contributed by atoms with E-state index >= 15 is 0 Å². The second-order valence-corrected chi connectivity index (χ2v) is 17.4. The van der Waals surface area contributed by atoms with E-state index in [1.165, 1.54) is 63.5 Å². The van der Waals surface area contributed by atoms with Crippen LogP contribution in [0, 0.1) is 0 Å². The molecule has 0 unspecified atom stereocenters. The highest BCUT2D eigenvalue weighted by molar-refractivity contribution is 7.26. The van der Waals surface area contributed by atoms with Gasteiger partial charge in [-0.25, -0.2) is 15.0 Å². The molecule has 5 heteroatoms. The molecule has 10 aromatic carbocycles. The maximum absolute atomic E-state index is 5.32. The molecule has 0 saturated carbocycles. The van der Waals surface area contributed by atoms with E-state index in [2.05, 4.69) is 187 Å². The minimum absolute atomic E-state index is 0.621. The third-order valence-electron chi connectivity index (χ3n) is 12.6. The van der Waals surface area contributed by atoms with E-state index < -0.39 is 0 Å². The fraction of sp³-hybridized carbons (Fsp3) is 0. The average molecular weight is 833 g/mol. The van der Waals surface area contributed by atoms with Crippen LogP contribution in [-0.4, -0.2) is 19.5 Å². The number of hydrogen-bond acceptors (Lipinski definition) is 4. The molecule has 0 radical (unpaired) electrons. The molecule has 0 bridgehead atoms. The van der Waals surface area contributed by atoms with Gasteiger partial charge < -0.3 is 4.57 Å². The van der Waals surface area contributed by atoms with Crippen LogP contribution in [0.5, 0.6) is 0 Å². The summed E-state index contributed by atoms with van der Waals surface area (Å²) in [5.74, 6) is 1.88. The topological polar surface area (TPSA) is 43.6 Å². The molecule has 64 heavy (non-hydrogen) atoms. The molecule has 3 heterocycles. The van der Waals surface area contributed by atoms with Crippen molar-refractivity contribution in [1.82, 2.24) is 19.5 Å². The molecule has 13 aromatic rings. The Labute approximate surface area is 373 Å². The number of fused-ring (bicyclic) bond motifs is 9. The zero-order chi connectivity index (χ0) is 42.1. The van der Waals surface area contributed by atoms with Crippen LogP contribution < -0.4 is 0 Å². The molecule has 0 fully saturated rings. The van der Waals surface area contributed by atoms with E-state index in [0.717, 1.165) is 44.6 Å². The minimum Gasteiger partial charge on any atom is -0.309 e. The van der Waals surface area contributed by atoms with Gasteiger partial charge in [-0.05, 0) is 86.8 Å². The van der Waals surface area contributed by atoms with Gasteiger partial charge in [0.15, 0.2) is 17.5 Å². The standard InChI is InChI=1S/C59H36N4S/c1-3-16-39(17-4-1)57-60-58(40-18-5-2-6-19-40)62-59(61-57)48-32-31-42(41-30-29-38-28-27-37-15-7-8-20-44(37)49(38)33-41)34-50(48)52-36-43(35-51-47-23-11-14-26-55(47)64-56(51)52)63-53-24-12-9-21-45(53)46-22-10-13-25-54(46)63/h1-36H. The summed E-state index contributed by atoms with van der Waals surface area (Å²) >= 11 is 1.84. The highest BCUT2D eigenvalue weighted by Gasteiger charge is 2.22. The Balaban J connectivity index is 1.13. The number of nitrogens with zero attached hydrogens (tertiary/aromatic N) is 4. The number of hydrogen-bond donors (Lipinski definition) is 0. The third kappa shape index (κ3) is 5.93. The van der Waals surface area contributed by atoms with E-state index in [-0.39, 0.29) is 0 Å². The second-order valence-electron chi connectivity index (χ2n) is 16.4. The van der Waals surface area contributed by atoms with Gasteiger partial charge in [-0.2, -0.15) is 0 Å². The van der Waals surface area contributed by atoms with Crippen molar-refractivity contribution < 1.29 is 0 Å². The summed E-state index contributed by atoms with van der Waals surface area (Å²) in [7, 11) is 0. The first-order chi connectivity index (χ1) is 31.7. The van der Waals surface area contributed by atoms with Crippen LogP contribution in [0.3, 0.4) is 0 Å². The van der Waals surface area contributed by atoms with Gasteiger partial charge in [0.05, 0.1) is 11.0 Å². The van der Waals surface area contributed by atoms with Crippen molar-refractivity contribution in [3.63, 3.8) is 0 Å². The van der Waals surface area contributed by atoms with E-state index in [0.29, 0.717) is 17.5 Å². The van der Waals surface area contributed by atoms with E-state index in [4.69, 9.17) is 15.0 Å². The van der Waals surface area contributed by atoms with Crippen molar-refractivity contribution in [1.29, 1.82) is 0 Å². The number of thiophene rings is 1. The predicted molar refractivity (Wildman–Crippen MR) is 269 cm³/mol. The average Bonchev–Trinajstić information content (AvgIpc) is 3.92. The van der Waals surface area contributed by atoms with Gasteiger partial charge in [-0.1, -0.05) is 170 Å². The zero-order valence-corrected chi connectivity index (χ0v) is 35.3. The highest BCUT2D eigenvalue weighted by atomic mass is 32.1. The molecular formula is C59H36N4S. The fourth-order valence-electron chi connectivity index (χ4n) is 9.59. The van der Waals surface area contributed by atoms with Crippen molar-refractivity contribution in [3.05, 3.63) is 218 Å². The van der Waals surface area contributed by atoms with Crippen molar-refractivity contribution in [2.45, 2.75) is 0 Å². The maximum atomic E-state index is 5.32. The van der Waals surface area contributed by atoms with E-state index in [9.17, 15) is 0 Å². The quantitative estimate of drug-likeness (QED) is 0.157. The van der Waals surface area contributed by atoms with Gasteiger partial charge in [0.2, 0.25) is 0 Å². The molecule has 13 rings (SSSR count). The molecular weight excluding hydrogens is 797 g/mol. The first-order valence-corrected chi connectivity index (χ1v) is 22.4. The van der Waals surface area contributed by atoms with Crippen LogP contribution in [0.15, 0.2) is 218 Å². The SMILES string of the molecule is c1ccc(-c2nc(-c3ccccc3)nc(-c3ccc(-c4ccc5ccc6ccccc6c5c4)cc3-c3cc(-n4c5ccccc5c5ccccc54)cc4c3sc3ccccc34)n2)cc1. The molecule has 4 nitrogen and oxygen atoms in total. The van der Waals surface area contributed by atoms with Crippen LogP contribution >= 0.6 is 11.3 Å². The Bertz CT molecular complexity index is 3850. The summed E-state index contributed by atoms with van der Waals surface area (Å²) in [5.41, 5.74) is 10.7. The molecule has 0 N–H and O–H groups in total.